The first-order valence-electron chi connectivity index (χ1n) is 7.94. The van der Waals surface area contributed by atoms with E-state index in [0.29, 0.717) is 29.4 Å². The smallest absolute Gasteiger partial charge is 0.248 e. The average molecular weight is 339 g/mol. The molecule has 5 nitrogen and oxygen atoms in total. The lowest BCUT2D eigenvalue weighted by atomic mass is 10.1. The maximum atomic E-state index is 12.1. The zero-order chi connectivity index (χ0) is 18.2. The van der Waals surface area contributed by atoms with Crippen LogP contribution in [0.2, 0.25) is 0 Å². The Balaban J connectivity index is 2.07. The summed E-state index contributed by atoms with van der Waals surface area (Å²) in [6.07, 6.45) is 3.11. The highest BCUT2D eigenvalue weighted by Crippen LogP contribution is 2.28. The van der Waals surface area contributed by atoms with Crippen molar-refractivity contribution in [3.63, 3.8) is 0 Å². The van der Waals surface area contributed by atoms with Gasteiger partial charge in [0.1, 0.15) is 0 Å². The lowest BCUT2D eigenvalue weighted by Crippen LogP contribution is -2.08. The van der Waals surface area contributed by atoms with E-state index in [-0.39, 0.29) is 11.7 Å². The van der Waals surface area contributed by atoms with Gasteiger partial charge in [-0.25, -0.2) is 0 Å². The van der Waals surface area contributed by atoms with Crippen molar-refractivity contribution in [3.05, 3.63) is 59.7 Å². The molecule has 1 N–H and O–H groups in total. The summed E-state index contributed by atoms with van der Waals surface area (Å²) in [6.45, 7) is 3.94. The van der Waals surface area contributed by atoms with Gasteiger partial charge in [-0.3, -0.25) is 9.59 Å². The van der Waals surface area contributed by atoms with E-state index in [9.17, 15) is 9.59 Å². The molecular weight excluding hydrogens is 318 g/mol. The van der Waals surface area contributed by atoms with Gasteiger partial charge in [-0.2, -0.15) is 0 Å². The number of benzene rings is 2. The van der Waals surface area contributed by atoms with Crippen LogP contribution in [0.5, 0.6) is 11.5 Å². The average Bonchev–Trinajstić information content (AvgIpc) is 2.61. The third-order valence-corrected chi connectivity index (χ3v) is 3.45. The minimum Gasteiger partial charge on any atom is -0.493 e. The number of methoxy groups -OCH3 is 1. The molecule has 2 rings (SSSR count). The molecule has 2 aromatic carbocycles. The summed E-state index contributed by atoms with van der Waals surface area (Å²) < 4.78 is 10.7. The predicted molar refractivity (Wildman–Crippen MR) is 98.3 cm³/mol. The lowest BCUT2D eigenvalue weighted by molar-refractivity contribution is -0.111. The fourth-order valence-electron chi connectivity index (χ4n) is 2.23. The largest absolute Gasteiger partial charge is 0.493 e. The number of nitrogens with one attached hydrogen (secondary N) is 1. The topological polar surface area (TPSA) is 64.6 Å². The van der Waals surface area contributed by atoms with Crippen LogP contribution >= 0.6 is 0 Å². The van der Waals surface area contributed by atoms with E-state index in [2.05, 4.69) is 5.32 Å². The second-order valence-electron chi connectivity index (χ2n) is 5.30. The van der Waals surface area contributed by atoms with Crippen LogP contribution in [0.3, 0.4) is 0 Å². The normalized spacial score (nSPS) is 10.5. The molecule has 0 spiro atoms. The number of amides is 1. The van der Waals surface area contributed by atoms with E-state index in [1.807, 2.05) is 13.0 Å². The number of carbonyl (C=O) groups excluding carboxylic acids is 2. The first kappa shape index (κ1) is 18.3. The molecule has 0 heterocycles. The van der Waals surface area contributed by atoms with Crippen LogP contribution in [0.25, 0.3) is 6.08 Å². The van der Waals surface area contributed by atoms with Crippen LogP contribution in [0.1, 0.15) is 29.8 Å². The van der Waals surface area contributed by atoms with Gasteiger partial charge in [0.05, 0.1) is 13.7 Å². The molecule has 0 aromatic heterocycles. The summed E-state index contributed by atoms with van der Waals surface area (Å²) in [5.74, 6) is 0.938. The molecule has 2 aromatic rings. The Bertz CT molecular complexity index is 796. The van der Waals surface area contributed by atoms with Gasteiger partial charge in [0.2, 0.25) is 5.91 Å². The number of carbonyl (C=O) groups is 2. The minimum absolute atomic E-state index is 0.0480. The van der Waals surface area contributed by atoms with Crippen LogP contribution in [0.4, 0.5) is 5.69 Å². The number of rotatable bonds is 7. The van der Waals surface area contributed by atoms with Crippen LogP contribution < -0.4 is 14.8 Å². The Morgan fingerprint density at radius 3 is 2.60 bits per heavy atom. The van der Waals surface area contributed by atoms with Crippen molar-refractivity contribution >= 4 is 23.5 Å². The highest BCUT2D eigenvalue weighted by molar-refractivity contribution is 6.03. The molecule has 0 bridgehead atoms. The number of Topliss-reactive ketones (excluding diaryl/α,β-unsaturated/α-hetero) is 1. The molecule has 0 aliphatic heterocycles. The second kappa shape index (κ2) is 8.68. The van der Waals surface area contributed by atoms with Crippen molar-refractivity contribution in [2.45, 2.75) is 13.8 Å². The molecule has 0 aliphatic rings. The Labute approximate surface area is 147 Å². The number of hydrogen-bond donors (Lipinski definition) is 1. The van der Waals surface area contributed by atoms with Gasteiger partial charge in [-0.1, -0.05) is 18.2 Å². The van der Waals surface area contributed by atoms with Crippen LogP contribution in [-0.4, -0.2) is 25.4 Å². The lowest BCUT2D eigenvalue weighted by Gasteiger charge is -2.09. The summed E-state index contributed by atoms with van der Waals surface area (Å²) in [7, 11) is 1.57. The molecule has 0 atom stereocenters. The fraction of sp³-hybridized carbons (Fsp3) is 0.200. The molecule has 1 amide bonds. The zero-order valence-corrected chi connectivity index (χ0v) is 14.5. The molecular formula is C20H21NO4. The summed E-state index contributed by atoms with van der Waals surface area (Å²) in [5, 5.41) is 2.73. The van der Waals surface area contributed by atoms with E-state index in [0.717, 1.165) is 5.56 Å². The van der Waals surface area contributed by atoms with Crippen molar-refractivity contribution in [1.82, 2.24) is 0 Å². The van der Waals surface area contributed by atoms with Crippen LogP contribution in [0.15, 0.2) is 48.5 Å². The predicted octanol–water partition coefficient (Wildman–Crippen LogP) is 3.95. The molecule has 0 aliphatic carbocycles. The van der Waals surface area contributed by atoms with E-state index >= 15 is 0 Å². The van der Waals surface area contributed by atoms with Crippen molar-refractivity contribution in [2.24, 2.45) is 0 Å². The van der Waals surface area contributed by atoms with Gasteiger partial charge < -0.3 is 14.8 Å². The maximum Gasteiger partial charge on any atom is 0.248 e. The molecule has 0 saturated heterocycles. The number of anilines is 1. The standard InChI is InChI=1S/C20H21NO4/c1-4-25-18-10-8-15(12-19(18)24-3)9-11-20(23)21-17-7-5-6-16(13-17)14(2)22/h5-13H,4H2,1-3H3,(H,21,23)/b11-9+. The Morgan fingerprint density at radius 1 is 1.12 bits per heavy atom. The summed E-state index contributed by atoms with van der Waals surface area (Å²) in [6, 6.07) is 12.3. The zero-order valence-electron chi connectivity index (χ0n) is 14.5. The van der Waals surface area contributed by atoms with Gasteiger partial charge in [-0.15, -0.1) is 0 Å². The third-order valence-electron chi connectivity index (χ3n) is 3.45. The molecule has 25 heavy (non-hydrogen) atoms. The van der Waals surface area contributed by atoms with Crippen molar-refractivity contribution in [3.8, 4) is 11.5 Å². The van der Waals surface area contributed by atoms with Crippen molar-refractivity contribution < 1.29 is 19.1 Å². The molecule has 0 radical (unpaired) electrons. The Morgan fingerprint density at radius 2 is 1.92 bits per heavy atom. The molecule has 130 valence electrons. The molecule has 0 unspecified atom stereocenters. The molecule has 0 fully saturated rings. The number of ketones is 1. The van der Waals surface area contributed by atoms with Gasteiger partial charge in [0.25, 0.3) is 0 Å². The van der Waals surface area contributed by atoms with Crippen LogP contribution in [-0.2, 0) is 4.79 Å². The molecule has 0 saturated carbocycles. The Kier molecular flexibility index (Phi) is 6.34. The number of ether oxygens (including phenoxy) is 2. The van der Waals surface area contributed by atoms with Gasteiger partial charge in [0, 0.05) is 17.3 Å². The summed E-state index contributed by atoms with van der Waals surface area (Å²) in [4.78, 5) is 23.4. The quantitative estimate of drug-likeness (QED) is 0.613. The molecule has 5 heteroatoms. The first-order valence-corrected chi connectivity index (χ1v) is 7.94. The van der Waals surface area contributed by atoms with E-state index in [4.69, 9.17) is 9.47 Å². The van der Waals surface area contributed by atoms with Crippen molar-refractivity contribution in [1.29, 1.82) is 0 Å². The van der Waals surface area contributed by atoms with E-state index in [1.165, 1.54) is 13.0 Å². The Hall–Kier alpha value is -3.08. The van der Waals surface area contributed by atoms with Gasteiger partial charge >= 0.3 is 0 Å². The summed E-state index contributed by atoms with van der Waals surface area (Å²) in [5.41, 5.74) is 1.94. The highest BCUT2D eigenvalue weighted by Gasteiger charge is 2.05. The second-order valence-corrected chi connectivity index (χ2v) is 5.30. The SMILES string of the molecule is CCOc1ccc(/C=C/C(=O)Nc2cccc(C(C)=O)c2)cc1OC. The summed E-state index contributed by atoms with van der Waals surface area (Å²) >= 11 is 0. The minimum atomic E-state index is -0.284. The van der Waals surface area contributed by atoms with Crippen molar-refractivity contribution in [2.75, 3.05) is 19.0 Å². The fourth-order valence-corrected chi connectivity index (χ4v) is 2.23. The monoisotopic (exact) mass is 339 g/mol. The van der Waals surface area contributed by atoms with E-state index < -0.39 is 0 Å². The third kappa shape index (κ3) is 5.21. The number of hydrogen-bond acceptors (Lipinski definition) is 4. The van der Waals surface area contributed by atoms with Crippen LogP contribution in [0, 0.1) is 0 Å². The highest BCUT2D eigenvalue weighted by atomic mass is 16.5. The van der Waals surface area contributed by atoms with Gasteiger partial charge in [0.15, 0.2) is 17.3 Å². The van der Waals surface area contributed by atoms with Gasteiger partial charge in [-0.05, 0) is 49.8 Å². The first-order chi connectivity index (χ1) is 12.0. The van der Waals surface area contributed by atoms with E-state index in [1.54, 1.807) is 49.6 Å². The maximum absolute atomic E-state index is 12.1.